The van der Waals surface area contributed by atoms with Crippen LogP contribution in [0.2, 0.25) is 0 Å². The van der Waals surface area contributed by atoms with Gasteiger partial charge in [-0.2, -0.15) is 5.10 Å². The third-order valence-corrected chi connectivity index (χ3v) is 4.25. The first-order chi connectivity index (χ1) is 11.9. The maximum Gasteiger partial charge on any atom is 0.306 e. The predicted octanol–water partition coefficient (Wildman–Crippen LogP) is 2.71. The Balaban J connectivity index is 1.76. The Labute approximate surface area is 148 Å². The number of benzene rings is 1. The Morgan fingerprint density at radius 1 is 1.20 bits per heavy atom. The van der Waals surface area contributed by atoms with Crippen molar-refractivity contribution < 1.29 is 14.3 Å². The van der Waals surface area contributed by atoms with Gasteiger partial charge in [-0.3, -0.25) is 14.3 Å². The van der Waals surface area contributed by atoms with E-state index < -0.39 is 0 Å². The van der Waals surface area contributed by atoms with Crippen molar-refractivity contribution in [2.45, 2.75) is 40.0 Å². The van der Waals surface area contributed by atoms with Crippen molar-refractivity contribution in [3.8, 4) is 0 Å². The number of hydrogen-bond donors (Lipinski definition) is 1. The van der Waals surface area contributed by atoms with Gasteiger partial charge < -0.3 is 10.1 Å². The van der Waals surface area contributed by atoms with E-state index >= 15 is 0 Å². The zero-order chi connectivity index (χ0) is 18.4. The summed E-state index contributed by atoms with van der Waals surface area (Å²) >= 11 is 0. The molecule has 0 fully saturated rings. The van der Waals surface area contributed by atoms with Gasteiger partial charge in [0.1, 0.15) is 0 Å². The summed E-state index contributed by atoms with van der Waals surface area (Å²) in [6, 6.07) is 7.60. The summed E-state index contributed by atoms with van der Waals surface area (Å²) in [6.45, 7) is 5.68. The molecule has 0 spiro atoms. The molecule has 1 N–H and O–H groups in total. The van der Waals surface area contributed by atoms with E-state index in [1.54, 1.807) is 4.68 Å². The quantitative estimate of drug-likeness (QED) is 0.785. The molecule has 6 nitrogen and oxygen atoms in total. The average Bonchev–Trinajstić information content (AvgIpc) is 2.84. The van der Waals surface area contributed by atoms with Crippen LogP contribution in [0.25, 0.3) is 0 Å². The van der Waals surface area contributed by atoms with E-state index in [4.69, 9.17) is 4.74 Å². The molecule has 0 aliphatic heterocycles. The van der Waals surface area contributed by atoms with Crippen LogP contribution in [0.5, 0.6) is 0 Å². The zero-order valence-corrected chi connectivity index (χ0v) is 15.3. The number of carbonyl (C=O) groups is 2. The average molecular weight is 343 g/mol. The Hall–Kier alpha value is -2.63. The van der Waals surface area contributed by atoms with Crippen LogP contribution in [-0.2, 0) is 34.2 Å². The van der Waals surface area contributed by atoms with E-state index in [-0.39, 0.29) is 24.9 Å². The molecule has 6 heteroatoms. The van der Waals surface area contributed by atoms with Crippen LogP contribution in [0.1, 0.15) is 35.9 Å². The highest BCUT2D eigenvalue weighted by Gasteiger charge is 2.13. The zero-order valence-electron chi connectivity index (χ0n) is 15.3. The van der Waals surface area contributed by atoms with Crippen LogP contribution in [0.15, 0.2) is 24.3 Å². The first kappa shape index (κ1) is 18.7. The number of carbonyl (C=O) groups excluding carboxylic acids is 2. The number of nitrogens with zero attached hydrogens (tertiary/aromatic N) is 2. The smallest absolute Gasteiger partial charge is 0.306 e. The van der Waals surface area contributed by atoms with Crippen LogP contribution in [-0.4, -0.2) is 28.3 Å². The molecule has 0 radical (unpaired) electrons. The summed E-state index contributed by atoms with van der Waals surface area (Å²) in [5.74, 6) is -0.731. The van der Waals surface area contributed by atoms with Crippen molar-refractivity contribution in [2.75, 3.05) is 11.9 Å². The summed E-state index contributed by atoms with van der Waals surface area (Å²) in [6.07, 6.45) is 1.73. The highest BCUT2D eigenvalue weighted by atomic mass is 16.5. The number of amides is 1. The molecule has 2 aromatic rings. The molecule has 1 aromatic heterocycles. The van der Waals surface area contributed by atoms with Crippen molar-refractivity contribution in [1.82, 2.24) is 9.78 Å². The first-order valence-electron chi connectivity index (χ1n) is 8.44. The van der Waals surface area contributed by atoms with Crippen molar-refractivity contribution in [1.29, 1.82) is 0 Å². The van der Waals surface area contributed by atoms with Gasteiger partial charge in [0.15, 0.2) is 6.61 Å². The second-order valence-electron chi connectivity index (χ2n) is 6.03. The van der Waals surface area contributed by atoms with E-state index in [1.165, 1.54) is 5.56 Å². The molecule has 0 aliphatic carbocycles. The second-order valence-corrected chi connectivity index (χ2v) is 6.03. The summed E-state index contributed by atoms with van der Waals surface area (Å²) in [7, 11) is 1.88. The van der Waals surface area contributed by atoms with Crippen molar-refractivity contribution in [3.05, 3.63) is 46.8 Å². The third kappa shape index (κ3) is 5.17. The number of rotatable bonds is 7. The minimum atomic E-state index is -0.390. The maximum atomic E-state index is 11.9. The number of esters is 1. The van der Waals surface area contributed by atoms with Crippen molar-refractivity contribution in [3.63, 3.8) is 0 Å². The van der Waals surface area contributed by atoms with Gasteiger partial charge in [0.05, 0.1) is 5.69 Å². The van der Waals surface area contributed by atoms with Gasteiger partial charge in [-0.15, -0.1) is 0 Å². The molecule has 0 unspecified atom stereocenters. The fourth-order valence-electron chi connectivity index (χ4n) is 2.65. The van der Waals surface area contributed by atoms with Crippen LogP contribution in [0.3, 0.4) is 0 Å². The molecule has 25 heavy (non-hydrogen) atoms. The van der Waals surface area contributed by atoms with Gasteiger partial charge >= 0.3 is 5.97 Å². The Morgan fingerprint density at radius 3 is 2.44 bits per heavy atom. The van der Waals surface area contributed by atoms with Gasteiger partial charge in [-0.1, -0.05) is 19.1 Å². The van der Waals surface area contributed by atoms with E-state index in [0.29, 0.717) is 12.1 Å². The monoisotopic (exact) mass is 343 g/mol. The molecule has 0 atom stereocenters. The van der Waals surface area contributed by atoms with Crippen LogP contribution < -0.4 is 5.32 Å². The molecule has 1 heterocycles. The topological polar surface area (TPSA) is 73.2 Å². The predicted molar refractivity (Wildman–Crippen MR) is 96.4 cm³/mol. The summed E-state index contributed by atoms with van der Waals surface area (Å²) in [5, 5.41) is 7.04. The fraction of sp³-hybridized carbons (Fsp3) is 0.421. The van der Waals surface area contributed by atoms with Crippen LogP contribution in [0, 0.1) is 13.8 Å². The van der Waals surface area contributed by atoms with Gasteiger partial charge in [-0.25, -0.2) is 0 Å². The Bertz CT molecular complexity index is 748. The van der Waals surface area contributed by atoms with E-state index in [9.17, 15) is 9.59 Å². The van der Waals surface area contributed by atoms with Gasteiger partial charge in [0.25, 0.3) is 5.91 Å². The fourth-order valence-corrected chi connectivity index (χ4v) is 2.65. The number of anilines is 1. The highest BCUT2D eigenvalue weighted by Crippen LogP contribution is 2.14. The van der Waals surface area contributed by atoms with E-state index in [0.717, 1.165) is 23.4 Å². The lowest BCUT2D eigenvalue weighted by molar-refractivity contribution is -0.147. The molecule has 1 amide bonds. The molecular weight excluding hydrogens is 318 g/mol. The number of hydrogen-bond acceptors (Lipinski definition) is 4. The number of aromatic nitrogens is 2. The molecule has 0 saturated heterocycles. The van der Waals surface area contributed by atoms with Crippen molar-refractivity contribution in [2.24, 2.45) is 7.05 Å². The first-order valence-corrected chi connectivity index (χ1v) is 8.44. The summed E-state index contributed by atoms with van der Waals surface area (Å²) in [4.78, 5) is 23.7. The van der Waals surface area contributed by atoms with Crippen molar-refractivity contribution >= 4 is 17.6 Å². The molecule has 0 saturated carbocycles. The SMILES string of the molecule is CCc1ccc(NC(=O)COC(=O)CCc2c(C)nn(C)c2C)cc1. The number of aryl methyl sites for hydroxylation is 3. The lowest BCUT2D eigenvalue weighted by Gasteiger charge is -2.07. The summed E-state index contributed by atoms with van der Waals surface area (Å²) in [5.41, 5.74) is 4.91. The van der Waals surface area contributed by atoms with E-state index in [2.05, 4.69) is 17.3 Å². The minimum Gasteiger partial charge on any atom is -0.456 e. The maximum absolute atomic E-state index is 11.9. The minimum absolute atomic E-state index is 0.228. The largest absolute Gasteiger partial charge is 0.456 e. The molecule has 134 valence electrons. The van der Waals surface area contributed by atoms with E-state index in [1.807, 2.05) is 45.2 Å². The molecule has 2 rings (SSSR count). The van der Waals surface area contributed by atoms with Gasteiger partial charge in [0, 0.05) is 24.8 Å². The van der Waals surface area contributed by atoms with Crippen LogP contribution >= 0.6 is 0 Å². The van der Waals surface area contributed by atoms with Gasteiger partial charge in [-0.05, 0) is 49.9 Å². The lowest BCUT2D eigenvalue weighted by atomic mass is 10.1. The lowest BCUT2D eigenvalue weighted by Crippen LogP contribution is -2.21. The normalized spacial score (nSPS) is 10.6. The van der Waals surface area contributed by atoms with Gasteiger partial charge in [0.2, 0.25) is 0 Å². The Morgan fingerprint density at radius 2 is 1.88 bits per heavy atom. The molecular formula is C19H25N3O3. The molecule has 0 aliphatic rings. The Kier molecular flexibility index (Phi) is 6.33. The number of ether oxygens (including phenoxy) is 1. The number of nitrogens with one attached hydrogen (secondary N) is 1. The standard InChI is InChI=1S/C19H25N3O3/c1-5-15-6-8-16(9-7-15)20-18(23)12-25-19(24)11-10-17-13(2)21-22(4)14(17)3/h6-9H,5,10-12H2,1-4H3,(H,20,23). The second kappa shape index (κ2) is 8.46. The van der Waals surface area contributed by atoms with Crippen LogP contribution in [0.4, 0.5) is 5.69 Å². The summed E-state index contributed by atoms with van der Waals surface area (Å²) < 4.78 is 6.85. The molecule has 0 bridgehead atoms. The highest BCUT2D eigenvalue weighted by molar-refractivity contribution is 5.92. The third-order valence-electron chi connectivity index (χ3n) is 4.25. The molecule has 1 aromatic carbocycles.